The van der Waals surface area contributed by atoms with Crippen LogP contribution in [0.15, 0.2) is 71.8 Å². The summed E-state index contributed by atoms with van der Waals surface area (Å²) in [5.74, 6) is -0.305. The lowest BCUT2D eigenvalue weighted by molar-refractivity contribution is 0.0942. The minimum Gasteiger partial charge on any atom is -0.338 e. The van der Waals surface area contributed by atoms with Crippen molar-refractivity contribution in [1.29, 1.82) is 0 Å². The highest BCUT2D eigenvalue weighted by atomic mass is 19.1. The van der Waals surface area contributed by atoms with Gasteiger partial charge in [0.25, 0.3) is 5.91 Å². The summed E-state index contributed by atoms with van der Waals surface area (Å²) in [4.78, 5) is 32.1. The maximum atomic E-state index is 13.8. The van der Waals surface area contributed by atoms with Gasteiger partial charge in [-0.05, 0) is 23.8 Å². The molecule has 0 spiro atoms. The van der Waals surface area contributed by atoms with E-state index >= 15 is 0 Å². The fraction of sp³-hybridized carbons (Fsp3) is 0.0952. The van der Waals surface area contributed by atoms with E-state index in [2.05, 4.69) is 15.3 Å². The van der Waals surface area contributed by atoms with Crippen molar-refractivity contribution in [2.75, 3.05) is 0 Å². The van der Waals surface area contributed by atoms with E-state index < -0.39 is 17.8 Å². The van der Waals surface area contributed by atoms with Gasteiger partial charge in [-0.3, -0.25) is 9.59 Å². The lowest BCUT2D eigenvalue weighted by Crippen LogP contribution is -2.32. The third-order valence-corrected chi connectivity index (χ3v) is 4.57. The quantitative estimate of drug-likeness (QED) is 0.575. The van der Waals surface area contributed by atoms with Gasteiger partial charge in [-0.2, -0.15) is 0 Å². The molecule has 2 N–H and O–H groups in total. The van der Waals surface area contributed by atoms with Crippen molar-refractivity contribution in [2.24, 2.45) is 7.05 Å². The number of fused-ring (bicyclic) bond motifs is 1. The van der Waals surface area contributed by atoms with Gasteiger partial charge in [0, 0.05) is 36.4 Å². The number of imidazole rings is 1. The van der Waals surface area contributed by atoms with Crippen molar-refractivity contribution in [3.8, 4) is 0 Å². The van der Waals surface area contributed by atoms with E-state index in [4.69, 9.17) is 0 Å². The molecule has 1 atom stereocenters. The Balaban J connectivity index is 1.79. The summed E-state index contributed by atoms with van der Waals surface area (Å²) in [5.41, 5.74) is 0.995. The number of para-hydroxylation sites is 1. The molecular weight excluding hydrogens is 359 g/mol. The predicted molar refractivity (Wildman–Crippen MR) is 103 cm³/mol. The molecule has 7 heteroatoms. The van der Waals surface area contributed by atoms with Crippen LogP contribution in [-0.2, 0) is 7.05 Å². The molecule has 0 radical (unpaired) electrons. The summed E-state index contributed by atoms with van der Waals surface area (Å²) in [6.45, 7) is 0. The molecule has 0 aliphatic heterocycles. The van der Waals surface area contributed by atoms with Crippen LogP contribution >= 0.6 is 0 Å². The fourth-order valence-corrected chi connectivity index (χ4v) is 3.24. The molecule has 0 saturated heterocycles. The first-order chi connectivity index (χ1) is 13.5. The van der Waals surface area contributed by atoms with Crippen LogP contribution in [0.5, 0.6) is 0 Å². The number of aromatic nitrogens is 3. The second-order valence-corrected chi connectivity index (χ2v) is 6.45. The first-order valence-electron chi connectivity index (χ1n) is 8.68. The van der Waals surface area contributed by atoms with E-state index in [9.17, 15) is 14.0 Å². The summed E-state index contributed by atoms with van der Waals surface area (Å²) in [7, 11) is 1.80. The molecule has 0 fully saturated rings. The zero-order valence-corrected chi connectivity index (χ0v) is 15.0. The van der Waals surface area contributed by atoms with Gasteiger partial charge < -0.3 is 14.9 Å². The van der Waals surface area contributed by atoms with Crippen LogP contribution in [0.25, 0.3) is 10.9 Å². The number of H-pyrrole nitrogens is 1. The molecule has 1 amide bonds. The average molecular weight is 376 g/mol. The lowest BCUT2D eigenvalue weighted by Gasteiger charge is -2.19. The maximum absolute atomic E-state index is 13.8. The van der Waals surface area contributed by atoms with Gasteiger partial charge in [-0.1, -0.05) is 30.3 Å². The fourth-order valence-electron chi connectivity index (χ4n) is 3.24. The highest BCUT2D eigenvalue weighted by Crippen LogP contribution is 2.23. The summed E-state index contributed by atoms with van der Waals surface area (Å²) in [6, 6.07) is 13.6. The van der Waals surface area contributed by atoms with E-state index in [1.807, 2.05) is 0 Å². The molecule has 4 rings (SSSR count). The summed E-state index contributed by atoms with van der Waals surface area (Å²) in [5, 5.41) is 3.52. The van der Waals surface area contributed by atoms with Crippen molar-refractivity contribution < 1.29 is 9.18 Å². The third kappa shape index (κ3) is 3.29. The maximum Gasteiger partial charge on any atom is 0.253 e. The number of hydrogen-bond acceptors (Lipinski definition) is 3. The monoisotopic (exact) mass is 376 g/mol. The Hall–Kier alpha value is -3.74. The number of halogens is 1. The van der Waals surface area contributed by atoms with Gasteiger partial charge in [0.1, 0.15) is 17.7 Å². The van der Waals surface area contributed by atoms with Crippen molar-refractivity contribution in [1.82, 2.24) is 19.9 Å². The van der Waals surface area contributed by atoms with Crippen LogP contribution in [0.4, 0.5) is 4.39 Å². The SMILES string of the molecule is Cn1ccnc1C(NC(=O)c1cc(=O)[nH]c2ccccc12)c1cccc(F)c1. The topological polar surface area (TPSA) is 79.8 Å². The average Bonchev–Trinajstić information content (AvgIpc) is 3.10. The highest BCUT2D eigenvalue weighted by Gasteiger charge is 2.23. The molecule has 6 nitrogen and oxygen atoms in total. The van der Waals surface area contributed by atoms with Crippen molar-refractivity contribution >= 4 is 16.8 Å². The van der Waals surface area contributed by atoms with Crippen molar-refractivity contribution in [2.45, 2.75) is 6.04 Å². The van der Waals surface area contributed by atoms with Crippen molar-refractivity contribution in [3.63, 3.8) is 0 Å². The first-order valence-corrected chi connectivity index (χ1v) is 8.68. The predicted octanol–water partition coefficient (Wildman–Crippen LogP) is 2.92. The number of hydrogen-bond donors (Lipinski definition) is 2. The number of nitrogens with one attached hydrogen (secondary N) is 2. The number of carbonyl (C=O) groups is 1. The van der Waals surface area contributed by atoms with Crippen LogP contribution in [0.3, 0.4) is 0 Å². The van der Waals surface area contributed by atoms with Gasteiger partial charge in [-0.15, -0.1) is 0 Å². The Morgan fingerprint density at radius 1 is 1.18 bits per heavy atom. The van der Waals surface area contributed by atoms with Crippen LogP contribution in [0, 0.1) is 5.82 Å². The molecule has 2 heterocycles. The molecule has 2 aromatic heterocycles. The largest absolute Gasteiger partial charge is 0.338 e. The van der Waals surface area contributed by atoms with E-state index in [0.717, 1.165) is 0 Å². The molecule has 2 aromatic carbocycles. The van der Waals surface area contributed by atoms with Gasteiger partial charge in [0.2, 0.25) is 5.56 Å². The Morgan fingerprint density at radius 2 is 2.00 bits per heavy atom. The second-order valence-electron chi connectivity index (χ2n) is 6.45. The van der Waals surface area contributed by atoms with Crippen LogP contribution in [-0.4, -0.2) is 20.4 Å². The first kappa shape index (κ1) is 17.7. The third-order valence-electron chi connectivity index (χ3n) is 4.57. The molecule has 28 heavy (non-hydrogen) atoms. The zero-order chi connectivity index (χ0) is 19.7. The second kappa shape index (κ2) is 7.11. The number of rotatable bonds is 4. The van der Waals surface area contributed by atoms with E-state index in [0.29, 0.717) is 22.3 Å². The van der Waals surface area contributed by atoms with Gasteiger partial charge in [-0.25, -0.2) is 9.37 Å². The van der Waals surface area contributed by atoms with Gasteiger partial charge in [0.15, 0.2) is 0 Å². The Kier molecular flexibility index (Phi) is 4.49. The number of benzene rings is 2. The minimum absolute atomic E-state index is 0.245. The van der Waals surface area contributed by atoms with Crippen molar-refractivity contribution in [3.05, 3.63) is 100 Å². The van der Waals surface area contributed by atoms with Crippen LogP contribution in [0.1, 0.15) is 27.8 Å². The van der Waals surface area contributed by atoms with Gasteiger partial charge >= 0.3 is 0 Å². The van der Waals surface area contributed by atoms with E-state index in [1.54, 1.807) is 60.4 Å². The number of pyridine rings is 1. The minimum atomic E-state index is -0.679. The number of aryl methyl sites for hydroxylation is 1. The number of aromatic amines is 1. The summed E-state index contributed by atoms with van der Waals surface area (Å²) in [6.07, 6.45) is 3.35. The Labute approximate surface area is 159 Å². The number of amides is 1. The van der Waals surface area contributed by atoms with Gasteiger partial charge in [0.05, 0.1) is 5.56 Å². The zero-order valence-electron chi connectivity index (χ0n) is 15.0. The molecule has 0 aliphatic carbocycles. The van der Waals surface area contributed by atoms with Crippen LogP contribution in [0.2, 0.25) is 0 Å². The number of nitrogens with zero attached hydrogens (tertiary/aromatic N) is 2. The summed E-state index contributed by atoms with van der Waals surface area (Å²) >= 11 is 0. The standard InChI is InChI=1S/C21H17FN4O2/c1-26-10-9-23-20(26)19(13-5-4-6-14(22)11-13)25-21(28)16-12-18(27)24-17-8-3-2-7-15(16)17/h2-12,19H,1H3,(H,24,27)(H,25,28). The smallest absolute Gasteiger partial charge is 0.253 e. The molecule has 0 aliphatic rings. The normalized spacial score (nSPS) is 12.1. The highest BCUT2D eigenvalue weighted by molar-refractivity contribution is 6.06. The molecule has 1 unspecified atom stereocenters. The lowest BCUT2D eigenvalue weighted by atomic mass is 10.0. The van der Waals surface area contributed by atoms with Crippen LogP contribution < -0.4 is 10.9 Å². The number of carbonyl (C=O) groups excluding carboxylic acids is 1. The Morgan fingerprint density at radius 3 is 2.75 bits per heavy atom. The van der Waals surface area contributed by atoms with E-state index in [-0.39, 0.29) is 11.1 Å². The molecule has 4 aromatic rings. The molecule has 0 saturated carbocycles. The Bertz CT molecular complexity index is 1230. The van der Waals surface area contributed by atoms with E-state index in [1.165, 1.54) is 18.2 Å². The summed E-state index contributed by atoms with van der Waals surface area (Å²) < 4.78 is 15.6. The molecule has 140 valence electrons. The molecular formula is C21H17FN4O2. The molecule has 0 bridgehead atoms.